The topological polar surface area (TPSA) is 32.7 Å². The molecule has 0 aliphatic carbocycles. The molecule has 31 heavy (non-hydrogen) atoms. The molecule has 4 aromatic rings. The minimum Gasteiger partial charge on any atom is -0.508 e. The Morgan fingerprint density at radius 1 is 0.710 bits per heavy atom. The lowest BCUT2D eigenvalue weighted by atomic mass is 10.1. The van der Waals surface area contributed by atoms with Crippen LogP contribution < -0.4 is 4.74 Å². The number of phenols is 1. The molecule has 1 saturated heterocycles. The lowest BCUT2D eigenvalue weighted by Crippen LogP contribution is -2.25. The number of phenolic OH excluding ortho intramolecular Hbond substituents is 1. The zero-order valence-corrected chi connectivity index (χ0v) is 20.4. The van der Waals surface area contributed by atoms with Crippen molar-refractivity contribution in [1.29, 1.82) is 0 Å². The molecule has 4 aromatic carbocycles. The zero-order chi connectivity index (χ0) is 21.6. The van der Waals surface area contributed by atoms with Gasteiger partial charge in [0, 0.05) is 15.5 Å². The second kappa shape index (κ2) is 10.5. The van der Waals surface area contributed by atoms with Gasteiger partial charge in [0.15, 0.2) is 0 Å². The van der Waals surface area contributed by atoms with Crippen LogP contribution in [0.4, 0.5) is 0 Å². The minimum atomic E-state index is 0.306. The van der Waals surface area contributed by atoms with Gasteiger partial charge < -0.3 is 9.84 Å². The van der Waals surface area contributed by atoms with Crippen molar-refractivity contribution in [2.75, 3.05) is 26.2 Å². The third kappa shape index (κ3) is 6.22. The molecule has 0 aromatic heterocycles. The van der Waals surface area contributed by atoms with Gasteiger partial charge in [0.1, 0.15) is 18.1 Å². The summed E-state index contributed by atoms with van der Waals surface area (Å²) < 4.78 is 7.99. The van der Waals surface area contributed by atoms with E-state index < -0.39 is 0 Å². The number of likely N-dealkylation sites (tertiary alicyclic amines) is 1. The van der Waals surface area contributed by atoms with Crippen molar-refractivity contribution in [1.82, 2.24) is 4.90 Å². The molecule has 3 nitrogen and oxygen atoms in total. The van der Waals surface area contributed by atoms with Crippen LogP contribution in [-0.2, 0) is 0 Å². The molecule has 1 N–H and O–H groups in total. The van der Waals surface area contributed by atoms with Gasteiger partial charge in [0.25, 0.3) is 0 Å². The van der Waals surface area contributed by atoms with Gasteiger partial charge in [-0.25, -0.2) is 0 Å². The molecule has 0 saturated carbocycles. The first-order valence-electron chi connectivity index (χ1n) is 10.5. The van der Waals surface area contributed by atoms with Crippen LogP contribution in [0.1, 0.15) is 12.8 Å². The second-order valence-corrected chi connectivity index (χ2v) is 9.56. The van der Waals surface area contributed by atoms with Crippen LogP contribution in [0.25, 0.3) is 21.5 Å². The van der Waals surface area contributed by atoms with Gasteiger partial charge in [-0.05, 0) is 96.0 Å². The highest BCUT2D eigenvalue weighted by Gasteiger charge is 2.10. The molecule has 0 unspecified atom stereocenters. The van der Waals surface area contributed by atoms with E-state index in [9.17, 15) is 5.11 Å². The fourth-order valence-electron chi connectivity index (χ4n) is 3.79. The number of halogens is 2. The lowest BCUT2D eigenvalue weighted by molar-refractivity contribution is 0.238. The van der Waals surface area contributed by atoms with Crippen molar-refractivity contribution in [3.05, 3.63) is 81.7 Å². The predicted molar refractivity (Wildman–Crippen MR) is 136 cm³/mol. The third-order valence-electron chi connectivity index (χ3n) is 5.43. The summed E-state index contributed by atoms with van der Waals surface area (Å²) in [6, 6.07) is 23.9. The maximum atomic E-state index is 9.21. The Labute approximate surface area is 199 Å². The summed E-state index contributed by atoms with van der Waals surface area (Å²) in [5.74, 6) is 1.27. The highest BCUT2D eigenvalue weighted by atomic mass is 79.9. The monoisotopic (exact) mass is 541 g/mol. The van der Waals surface area contributed by atoms with Gasteiger partial charge in [-0.2, -0.15) is 0 Å². The van der Waals surface area contributed by atoms with E-state index in [-0.39, 0.29) is 0 Å². The van der Waals surface area contributed by atoms with Gasteiger partial charge in [0.2, 0.25) is 0 Å². The SMILES string of the molecule is Brc1ccc2ccc(OCCN3CCCC3)cc2c1.Oc1ccc2ccc(Br)cc2c1. The second-order valence-electron chi connectivity index (χ2n) is 7.73. The first-order chi connectivity index (χ1) is 15.1. The highest BCUT2D eigenvalue weighted by molar-refractivity contribution is 9.10. The maximum absolute atomic E-state index is 9.21. The van der Waals surface area contributed by atoms with Crippen molar-refractivity contribution < 1.29 is 9.84 Å². The van der Waals surface area contributed by atoms with Crippen molar-refractivity contribution in [2.24, 2.45) is 0 Å². The van der Waals surface area contributed by atoms with Crippen LogP contribution in [0.2, 0.25) is 0 Å². The van der Waals surface area contributed by atoms with E-state index in [1.165, 1.54) is 36.7 Å². The summed E-state index contributed by atoms with van der Waals surface area (Å²) in [4.78, 5) is 2.47. The third-order valence-corrected chi connectivity index (χ3v) is 6.42. The van der Waals surface area contributed by atoms with Crippen molar-refractivity contribution >= 4 is 53.4 Å². The lowest BCUT2D eigenvalue weighted by Gasteiger charge is -2.15. The van der Waals surface area contributed by atoms with E-state index >= 15 is 0 Å². The molecule has 1 aliphatic heterocycles. The molecule has 0 amide bonds. The Kier molecular flexibility index (Phi) is 7.49. The smallest absolute Gasteiger partial charge is 0.120 e. The van der Waals surface area contributed by atoms with Gasteiger partial charge in [-0.3, -0.25) is 4.90 Å². The van der Waals surface area contributed by atoms with Gasteiger partial charge in [0.05, 0.1) is 0 Å². The minimum absolute atomic E-state index is 0.306. The molecular formula is C26H25Br2NO2. The quantitative estimate of drug-likeness (QED) is 0.292. The van der Waals surface area contributed by atoms with E-state index in [0.29, 0.717) is 5.75 Å². The molecular weight excluding hydrogens is 518 g/mol. The number of benzene rings is 4. The van der Waals surface area contributed by atoms with Gasteiger partial charge in [-0.1, -0.05) is 56.1 Å². The predicted octanol–water partition coefficient (Wildman–Crippen LogP) is 7.38. The number of hydrogen-bond acceptors (Lipinski definition) is 3. The standard InChI is InChI=1S/C16H18BrNO.C10H7BrO/c17-15-5-3-13-4-6-16(12-14(13)11-15)19-10-9-18-7-1-2-8-18;11-9-3-1-7-2-4-10(12)6-8(7)5-9/h3-6,11-12H,1-2,7-10H2;1-6,12H. The average Bonchev–Trinajstić information content (AvgIpc) is 3.27. The van der Waals surface area contributed by atoms with Crippen molar-refractivity contribution in [3.8, 4) is 11.5 Å². The first kappa shape index (κ1) is 22.1. The summed E-state index contributed by atoms with van der Waals surface area (Å²) in [5.41, 5.74) is 0. The summed E-state index contributed by atoms with van der Waals surface area (Å²) >= 11 is 6.88. The Hall–Kier alpha value is -2.08. The van der Waals surface area contributed by atoms with Gasteiger partial charge >= 0.3 is 0 Å². The molecule has 5 heteroatoms. The van der Waals surface area contributed by atoms with Crippen LogP contribution in [0.5, 0.6) is 11.5 Å². The molecule has 1 fully saturated rings. The average molecular weight is 543 g/mol. The number of aromatic hydroxyl groups is 1. The molecule has 0 spiro atoms. The normalized spacial score (nSPS) is 13.9. The van der Waals surface area contributed by atoms with Crippen LogP contribution >= 0.6 is 31.9 Å². The Balaban J connectivity index is 0.000000166. The van der Waals surface area contributed by atoms with E-state index in [2.05, 4.69) is 73.2 Å². The van der Waals surface area contributed by atoms with E-state index in [4.69, 9.17) is 4.74 Å². The molecule has 0 bridgehead atoms. The largest absolute Gasteiger partial charge is 0.508 e. The number of fused-ring (bicyclic) bond motifs is 2. The molecule has 0 radical (unpaired) electrons. The zero-order valence-electron chi connectivity index (χ0n) is 17.2. The summed E-state index contributed by atoms with van der Waals surface area (Å²) in [6.07, 6.45) is 2.67. The number of nitrogens with zero attached hydrogens (tertiary/aromatic N) is 1. The Bertz CT molecular complexity index is 1140. The van der Waals surface area contributed by atoms with E-state index in [1.54, 1.807) is 12.1 Å². The van der Waals surface area contributed by atoms with Crippen LogP contribution in [-0.4, -0.2) is 36.2 Å². The number of rotatable bonds is 4. The molecule has 0 atom stereocenters. The van der Waals surface area contributed by atoms with Crippen molar-refractivity contribution in [2.45, 2.75) is 12.8 Å². The summed E-state index contributed by atoms with van der Waals surface area (Å²) in [5, 5.41) is 13.8. The van der Waals surface area contributed by atoms with E-state index in [1.807, 2.05) is 24.3 Å². The first-order valence-corrected chi connectivity index (χ1v) is 12.1. The number of hydrogen-bond donors (Lipinski definition) is 1. The van der Waals surface area contributed by atoms with Gasteiger partial charge in [-0.15, -0.1) is 0 Å². The van der Waals surface area contributed by atoms with Crippen LogP contribution in [0, 0.1) is 0 Å². The van der Waals surface area contributed by atoms with Crippen LogP contribution in [0.3, 0.4) is 0 Å². The molecule has 5 rings (SSSR count). The molecule has 160 valence electrons. The van der Waals surface area contributed by atoms with Crippen molar-refractivity contribution in [3.63, 3.8) is 0 Å². The highest BCUT2D eigenvalue weighted by Crippen LogP contribution is 2.25. The summed E-state index contributed by atoms with van der Waals surface area (Å²) in [7, 11) is 0. The van der Waals surface area contributed by atoms with E-state index in [0.717, 1.165) is 38.6 Å². The fraction of sp³-hybridized carbons (Fsp3) is 0.231. The fourth-order valence-corrected chi connectivity index (χ4v) is 4.55. The summed E-state index contributed by atoms with van der Waals surface area (Å²) in [6.45, 7) is 4.28. The number of ether oxygens (including phenoxy) is 1. The Morgan fingerprint density at radius 2 is 1.29 bits per heavy atom. The maximum Gasteiger partial charge on any atom is 0.120 e. The van der Waals surface area contributed by atoms with Crippen LogP contribution in [0.15, 0.2) is 81.7 Å². The Morgan fingerprint density at radius 3 is 1.97 bits per heavy atom. The molecule has 1 aliphatic rings. The molecule has 1 heterocycles.